The predicted octanol–water partition coefficient (Wildman–Crippen LogP) is 2.03. The van der Waals surface area contributed by atoms with E-state index in [-0.39, 0.29) is 11.9 Å². The fourth-order valence-electron chi connectivity index (χ4n) is 2.25. The van der Waals surface area contributed by atoms with Gasteiger partial charge in [-0.25, -0.2) is 9.97 Å². The Hall–Kier alpha value is -2.89. The van der Waals surface area contributed by atoms with Gasteiger partial charge < -0.3 is 16.0 Å². The highest BCUT2D eigenvalue weighted by Gasteiger charge is 2.16. The smallest absolute Gasteiger partial charge is 0.254 e. The first-order valence-electron chi connectivity index (χ1n) is 6.60. The molecule has 1 amide bonds. The molecule has 0 fully saturated rings. The first-order valence-corrected chi connectivity index (χ1v) is 6.60. The lowest BCUT2D eigenvalue weighted by atomic mass is 10.1. The topological polar surface area (TPSA) is 96.7 Å². The number of rotatable bonds is 3. The number of carbonyl (C=O) groups excluding carboxylic acids is 1. The van der Waals surface area contributed by atoms with Gasteiger partial charge >= 0.3 is 0 Å². The molecule has 0 spiro atoms. The number of H-pyrrole nitrogens is 1. The lowest BCUT2D eigenvalue weighted by molar-refractivity contribution is 0.0940. The minimum Gasteiger partial charge on any atom is -0.383 e. The number of aromatic nitrogens is 3. The van der Waals surface area contributed by atoms with Gasteiger partial charge in [-0.1, -0.05) is 24.3 Å². The lowest BCUT2D eigenvalue weighted by Crippen LogP contribution is -2.27. The number of pyridine rings is 1. The van der Waals surface area contributed by atoms with Gasteiger partial charge in [-0.15, -0.1) is 0 Å². The molecule has 0 aliphatic carbocycles. The van der Waals surface area contributed by atoms with Crippen LogP contribution in [0.1, 0.15) is 29.1 Å². The first-order chi connectivity index (χ1) is 10.2. The van der Waals surface area contributed by atoms with Gasteiger partial charge in [-0.3, -0.25) is 4.79 Å². The van der Waals surface area contributed by atoms with Crippen molar-refractivity contribution in [3.63, 3.8) is 0 Å². The SMILES string of the molecule is CC(NC(=O)c1cnc(N)c2ccccc12)c1ncc[nH]1. The number of hydrogen-bond acceptors (Lipinski definition) is 4. The van der Waals surface area contributed by atoms with E-state index in [1.54, 1.807) is 12.4 Å². The van der Waals surface area contributed by atoms with E-state index in [1.807, 2.05) is 31.2 Å². The highest BCUT2D eigenvalue weighted by atomic mass is 16.1. The molecule has 4 N–H and O–H groups in total. The van der Waals surface area contributed by atoms with E-state index in [9.17, 15) is 4.79 Å². The minimum atomic E-state index is -0.219. The molecule has 0 saturated carbocycles. The fraction of sp³-hybridized carbons (Fsp3) is 0.133. The van der Waals surface area contributed by atoms with Crippen LogP contribution in [0.15, 0.2) is 42.9 Å². The van der Waals surface area contributed by atoms with Crippen molar-refractivity contribution in [2.75, 3.05) is 5.73 Å². The maximum Gasteiger partial charge on any atom is 0.254 e. The summed E-state index contributed by atoms with van der Waals surface area (Å²) in [6.45, 7) is 1.86. The maximum absolute atomic E-state index is 12.4. The molecule has 2 heterocycles. The van der Waals surface area contributed by atoms with Crippen molar-refractivity contribution in [3.05, 3.63) is 54.2 Å². The molecule has 0 aliphatic heterocycles. The predicted molar refractivity (Wildman–Crippen MR) is 80.6 cm³/mol. The van der Waals surface area contributed by atoms with Crippen LogP contribution in [0.3, 0.4) is 0 Å². The lowest BCUT2D eigenvalue weighted by Gasteiger charge is -2.13. The van der Waals surface area contributed by atoms with E-state index < -0.39 is 0 Å². The number of imidazole rings is 1. The third-order valence-corrected chi connectivity index (χ3v) is 3.35. The van der Waals surface area contributed by atoms with E-state index >= 15 is 0 Å². The van der Waals surface area contributed by atoms with E-state index in [0.29, 0.717) is 17.2 Å². The van der Waals surface area contributed by atoms with Crippen molar-refractivity contribution in [1.29, 1.82) is 0 Å². The van der Waals surface area contributed by atoms with Crippen LogP contribution in [0.4, 0.5) is 5.82 Å². The Kier molecular flexibility index (Phi) is 3.27. The Balaban J connectivity index is 1.93. The van der Waals surface area contributed by atoms with Gasteiger partial charge in [0.1, 0.15) is 11.6 Å². The van der Waals surface area contributed by atoms with Crippen LogP contribution >= 0.6 is 0 Å². The maximum atomic E-state index is 12.4. The summed E-state index contributed by atoms with van der Waals surface area (Å²) in [6.07, 6.45) is 4.87. The van der Waals surface area contributed by atoms with Crippen LogP contribution in [0, 0.1) is 0 Å². The number of fused-ring (bicyclic) bond motifs is 1. The molecule has 106 valence electrons. The Labute approximate surface area is 121 Å². The molecule has 0 radical (unpaired) electrons. The largest absolute Gasteiger partial charge is 0.383 e. The highest BCUT2D eigenvalue weighted by Crippen LogP contribution is 2.22. The summed E-state index contributed by atoms with van der Waals surface area (Å²) in [7, 11) is 0. The Morgan fingerprint density at radius 3 is 2.76 bits per heavy atom. The second kappa shape index (κ2) is 5.24. The average molecular weight is 281 g/mol. The van der Waals surface area contributed by atoms with E-state index in [2.05, 4.69) is 20.3 Å². The summed E-state index contributed by atoms with van der Waals surface area (Å²) >= 11 is 0. The first kappa shape index (κ1) is 13.1. The molecule has 6 nitrogen and oxygen atoms in total. The zero-order chi connectivity index (χ0) is 14.8. The molecule has 1 aromatic carbocycles. The number of hydrogen-bond donors (Lipinski definition) is 3. The normalized spacial score (nSPS) is 12.2. The quantitative estimate of drug-likeness (QED) is 0.684. The van der Waals surface area contributed by atoms with Crippen LogP contribution in [0.5, 0.6) is 0 Å². The summed E-state index contributed by atoms with van der Waals surface area (Å²) in [5.74, 6) is 0.917. The van der Waals surface area contributed by atoms with Crippen molar-refractivity contribution in [3.8, 4) is 0 Å². The Bertz CT molecular complexity index is 782. The number of aromatic amines is 1. The number of amides is 1. The van der Waals surface area contributed by atoms with Crippen LogP contribution in [0.25, 0.3) is 10.8 Å². The van der Waals surface area contributed by atoms with E-state index in [4.69, 9.17) is 5.73 Å². The number of carbonyl (C=O) groups is 1. The van der Waals surface area contributed by atoms with Crippen LogP contribution < -0.4 is 11.1 Å². The molecule has 0 aliphatic rings. The van der Waals surface area contributed by atoms with Gasteiger partial charge in [0.25, 0.3) is 5.91 Å². The molecule has 0 saturated heterocycles. The van der Waals surface area contributed by atoms with Gasteiger partial charge in [0.2, 0.25) is 0 Å². The summed E-state index contributed by atoms with van der Waals surface area (Å²) < 4.78 is 0. The van der Waals surface area contributed by atoms with Crippen LogP contribution in [0.2, 0.25) is 0 Å². The molecule has 1 unspecified atom stereocenters. The number of anilines is 1. The highest BCUT2D eigenvalue weighted by molar-refractivity contribution is 6.09. The summed E-state index contributed by atoms with van der Waals surface area (Å²) in [4.78, 5) is 23.6. The van der Waals surface area contributed by atoms with Crippen LogP contribution in [-0.2, 0) is 0 Å². The summed E-state index contributed by atoms with van der Waals surface area (Å²) in [5.41, 5.74) is 6.34. The zero-order valence-electron chi connectivity index (χ0n) is 11.5. The molecule has 6 heteroatoms. The minimum absolute atomic E-state index is 0.206. The molecular formula is C15H15N5O. The second-order valence-electron chi connectivity index (χ2n) is 4.77. The number of benzene rings is 1. The van der Waals surface area contributed by atoms with Crippen molar-refractivity contribution in [1.82, 2.24) is 20.3 Å². The number of nitrogens with two attached hydrogens (primary N) is 1. The van der Waals surface area contributed by atoms with Gasteiger partial charge in [0.05, 0.1) is 11.6 Å². The van der Waals surface area contributed by atoms with Crippen molar-refractivity contribution in [2.45, 2.75) is 13.0 Å². The van der Waals surface area contributed by atoms with Crippen molar-refractivity contribution >= 4 is 22.5 Å². The van der Waals surface area contributed by atoms with E-state index in [0.717, 1.165) is 10.8 Å². The monoisotopic (exact) mass is 281 g/mol. The second-order valence-corrected chi connectivity index (χ2v) is 4.77. The molecule has 0 bridgehead atoms. The average Bonchev–Trinajstić information content (AvgIpc) is 3.02. The number of nitrogens with zero attached hydrogens (tertiary/aromatic N) is 2. The number of nitrogen functional groups attached to an aromatic ring is 1. The van der Waals surface area contributed by atoms with Crippen molar-refractivity contribution in [2.24, 2.45) is 0 Å². The molecule has 1 atom stereocenters. The van der Waals surface area contributed by atoms with Crippen molar-refractivity contribution < 1.29 is 4.79 Å². The van der Waals surface area contributed by atoms with Gasteiger partial charge in [-0.2, -0.15) is 0 Å². The molecule has 3 rings (SSSR count). The van der Waals surface area contributed by atoms with Gasteiger partial charge in [0, 0.05) is 24.0 Å². The summed E-state index contributed by atoms with van der Waals surface area (Å²) in [5, 5.41) is 4.46. The van der Waals surface area contributed by atoms with Crippen LogP contribution in [-0.4, -0.2) is 20.9 Å². The zero-order valence-corrected chi connectivity index (χ0v) is 11.5. The molecule has 2 aromatic heterocycles. The van der Waals surface area contributed by atoms with E-state index in [1.165, 1.54) is 6.20 Å². The molecular weight excluding hydrogens is 266 g/mol. The molecule has 21 heavy (non-hydrogen) atoms. The Morgan fingerprint density at radius 2 is 2.05 bits per heavy atom. The van der Waals surface area contributed by atoms with Gasteiger partial charge in [-0.05, 0) is 12.3 Å². The standard InChI is InChI=1S/C15H15N5O/c1-9(14-17-6-7-18-14)20-15(21)12-8-19-13(16)11-5-3-2-4-10(11)12/h2-9H,1H3,(H2,16,19)(H,17,18)(H,20,21). The third-order valence-electron chi connectivity index (χ3n) is 3.35. The summed E-state index contributed by atoms with van der Waals surface area (Å²) in [6, 6.07) is 7.23. The van der Waals surface area contributed by atoms with Gasteiger partial charge in [0.15, 0.2) is 0 Å². The fourth-order valence-corrected chi connectivity index (χ4v) is 2.25. The number of nitrogens with one attached hydrogen (secondary N) is 2. The Morgan fingerprint density at radius 1 is 1.29 bits per heavy atom. The molecule has 3 aromatic rings. The third kappa shape index (κ3) is 2.43.